The molecule has 1 saturated heterocycles. The zero-order valence-electron chi connectivity index (χ0n) is 16.7. The number of para-hydroxylation sites is 1. The van der Waals surface area contributed by atoms with E-state index in [9.17, 15) is 9.18 Å². The summed E-state index contributed by atoms with van der Waals surface area (Å²) in [5, 5.41) is 3.53. The predicted molar refractivity (Wildman–Crippen MR) is 117 cm³/mol. The molecule has 0 aliphatic carbocycles. The first-order chi connectivity index (χ1) is 14.5. The molecular formula is C22H23ClFN5O. The van der Waals surface area contributed by atoms with Crippen LogP contribution in [0.1, 0.15) is 5.56 Å². The van der Waals surface area contributed by atoms with Crippen molar-refractivity contribution < 1.29 is 9.18 Å². The first-order valence-electron chi connectivity index (χ1n) is 9.83. The van der Waals surface area contributed by atoms with Crippen LogP contribution in [0.4, 0.5) is 16.0 Å². The van der Waals surface area contributed by atoms with Gasteiger partial charge in [-0.25, -0.2) is 9.37 Å². The number of hydrogen-bond acceptors (Lipinski definition) is 4. The van der Waals surface area contributed by atoms with Gasteiger partial charge >= 0.3 is 0 Å². The maximum absolute atomic E-state index is 14.2. The van der Waals surface area contributed by atoms with Crippen molar-refractivity contribution in [1.29, 1.82) is 0 Å². The van der Waals surface area contributed by atoms with Gasteiger partial charge in [0.05, 0.1) is 12.2 Å². The van der Waals surface area contributed by atoms with Crippen LogP contribution in [0, 0.1) is 12.7 Å². The highest BCUT2D eigenvalue weighted by Gasteiger charge is 2.23. The standard InChI is InChI=1S/C22H23ClFN5O/c1-16-6-7-17(14-18(16)23)26-21(30)15-27-10-12-28(13-11-27)22-25-8-9-29(22)20-5-3-2-4-19(20)24/h2-9,14H,10-13,15H2,1H3,(H,26,30). The van der Waals surface area contributed by atoms with Gasteiger partial charge in [-0.05, 0) is 36.8 Å². The summed E-state index contributed by atoms with van der Waals surface area (Å²) in [4.78, 5) is 21.0. The molecule has 1 fully saturated rings. The number of anilines is 2. The van der Waals surface area contributed by atoms with Gasteiger partial charge in [0, 0.05) is 49.3 Å². The van der Waals surface area contributed by atoms with Crippen LogP contribution in [0.25, 0.3) is 5.69 Å². The van der Waals surface area contributed by atoms with Gasteiger partial charge in [0.1, 0.15) is 5.82 Å². The van der Waals surface area contributed by atoms with Gasteiger partial charge in [-0.1, -0.05) is 29.8 Å². The van der Waals surface area contributed by atoms with Crippen LogP contribution in [0.5, 0.6) is 0 Å². The lowest BCUT2D eigenvalue weighted by atomic mass is 10.2. The van der Waals surface area contributed by atoms with Crippen LogP contribution < -0.4 is 10.2 Å². The molecule has 0 bridgehead atoms. The van der Waals surface area contributed by atoms with E-state index in [1.165, 1.54) is 6.07 Å². The molecule has 0 saturated carbocycles. The Bertz CT molecular complexity index is 1050. The Balaban J connectivity index is 1.35. The van der Waals surface area contributed by atoms with E-state index >= 15 is 0 Å². The minimum Gasteiger partial charge on any atom is -0.339 e. The van der Waals surface area contributed by atoms with Crippen LogP contribution in [0.3, 0.4) is 0 Å². The number of aryl methyl sites for hydroxylation is 1. The average Bonchev–Trinajstić information content (AvgIpc) is 3.21. The van der Waals surface area contributed by atoms with E-state index in [-0.39, 0.29) is 11.7 Å². The average molecular weight is 428 g/mol. The minimum atomic E-state index is -0.289. The molecule has 30 heavy (non-hydrogen) atoms. The number of nitrogens with zero attached hydrogens (tertiary/aromatic N) is 4. The summed E-state index contributed by atoms with van der Waals surface area (Å²) < 4.78 is 16.0. The molecule has 1 N–H and O–H groups in total. The molecule has 0 unspecified atom stereocenters. The summed E-state index contributed by atoms with van der Waals surface area (Å²) in [6.07, 6.45) is 3.44. The van der Waals surface area contributed by atoms with Crippen LogP contribution >= 0.6 is 11.6 Å². The number of amides is 1. The summed E-state index contributed by atoms with van der Waals surface area (Å²) in [5.74, 6) is 0.345. The number of benzene rings is 2. The number of rotatable bonds is 5. The van der Waals surface area contributed by atoms with Crippen LogP contribution in [0.2, 0.25) is 5.02 Å². The predicted octanol–water partition coefficient (Wildman–Crippen LogP) is 3.73. The van der Waals surface area contributed by atoms with E-state index in [0.717, 1.165) is 5.56 Å². The number of carbonyl (C=O) groups is 1. The first-order valence-corrected chi connectivity index (χ1v) is 10.2. The zero-order valence-corrected chi connectivity index (χ0v) is 17.4. The number of piperazine rings is 1. The molecule has 1 aliphatic rings. The van der Waals surface area contributed by atoms with Crippen LogP contribution in [-0.2, 0) is 4.79 Å². The molecule has 0 radical (unpaired) electrons. The van der Waals surface area contributed by atoms with Crippen molar-refractivity contribution in [2.45, 2.75) is 6.92 Å². The van der Waals surface area contributed by atoms with Crippen molar-refractivity contribution in [3.8, 4) is 5.69 Å². The second kappa shape index (κ2) is 8.85. The molecule has 2 aromatic carbocycles. The number of carbonyl (C=O) groups excluding carboxylic acids is 1. The van der Waals surface area contributed by atoms with Crippen molar-refractivity contribution >= 4 is 29.1 Å². The highest BCUT2D eigenvalue weighted by Crippen LogP contribution is 2.22. The molecule has 2 heterocycles. The highest BCUT2D eigenvalue weighted by atomic mass is 35.5. The van der Waals surface area contributed by atoms with Gasteiger partial charge < -0.3 is 10.2 Å². The Hall–Kier alpha value is -2.90. The SMILES string of the molecule is Cc1ccc(NC(=O)CN2CCN(c3nccn3-c3ccccc3F)CC2)cc1Cl. The summed E-state index contributed by atoms with van der Waals surface area (Å²) >= 11 is 6.12. The molecule has 1 aliphatic heterocycles. The lowest BCUT2D eigenvalue weighted by molar-refractivity contribution is -0.117. The topological polar surface area (TPSA) is 53.4 Å². The number of imidazole rings is 1. The Morgan fingerprint density at radius 2 is 1.93 bits per heavy atom. The summed E-state index contributed by atoms with van der Waals surface area (Å²) in [6, 6.07) is 12.1. The summed E-state index contributed by atoms with van der Waals surface area (Å²) in [5.41, 5.74) is 2.14. The third kappa shape index (κ3) is 4.47. The fourth-order valence-corrected chi connectivity index (χ4v) is 3.73. The molecule has 156 valence electrons. The van der Waals surface area contributed by atoms with Crippen molar-refractivity contribution in [1.82, 2.24) is 14.5 Å². The first kappa shape index (κ1) is 20.4. The molecule has 6 nitrogen and oxygen atoms in total. The van der Waals surface area contributed by atoms with E-state index in [1.54, 1.807) is 41.2 Å². The monoisotopic (exact) mass is 427 g/mol. The number of halogens is 2. The lowest BCUT2D eigenvalue weighted by Gasteiger charge is -2.35. The fraction of sp³-hybridized carbons (Fsp3) is 0.273. The second-order valence-corrected chi connectivity index (χ2v) is 7.73. The Morgan fingerprint density at radius 1 is 1.17 bits per heavy atom. The van der Waals surface area contributed by atoms with Gasteiger partial charge in [-0.3, -0.25) is 14.3 Å². The summed E-state index contributed by atoms with van der Waals surface area (Å²) in [6.45, 7) is 5.06. The van der Waals surface area contributed by atoms with Gasteiger partial charge in [-0.15, -0.1) is 0 Å². The van der Waals surface area contributed by atoms with E-state index in [2.05, 4.69) is 20.1 Å². The molecule has 1 amide bonds. The fourth-order valence-electron chi connectivity index (χ4n) is 3.54. The van der Waals surface area contributed by atoms with Gasteiger partial charge in [-0.2, -0.15) is 0 Å². The molecule has 0 atom stereocenters. The van der Waals surface area contributed by atoms with Crippen molar-refractivity contribution in [3.05, 3.63) is 71.3 Å². The summed E-state index contributed by atoms with van der Waals surface area (Å²) in [7, 11) is 0. The molecule has 8 heteroatoms. The third-order valence-corrected chi connectivity index (χ3v) is 5.62. The smallest absolute Gasteiger partial charge is 0.238 e. The van der Waals surface area contributed by atoms with Crippen molar-refractivity contribution in [2.75, 3.05) is 42.9 Å². The highest BCUT2D eigenvalue weighted by molar-refractivity contribution is 6.31. The Kier molecular flexibility index (Phi) is 6.01. The van der Waals surface area contributed by atoms with Crippen LogP contribution in [0.15, 0.2) is 54.9 Å². The number of nitrogens with one attached hydrogen (secondary N) is 1. The maximum Gasteiger partial charge on any atom is 0.238 e. The quantitative estimate of drug-likeness (QED) is 0.674. The van der Waals surface area contributed by atoms with E-state index in [0.29, 0.717) is 55.1 Å². The van der Waals surface area contributed by atoms with E-state index < -0.39 is 0 Å². The number of aromatic nitrogens is 2. The molecule has 4 rings (SSSR count). The lowest BCUT2D eigenvalue weighted by Crippen LogP contribution is -2.49. The molecular weight excluding hydrogens is 405 g/mol. The third-order valence-electron chi connectivity index (χ3n) is 5.21. The van der Waals surface area contributed by atoms with Gasteiger partial charge in [0.2, 0.25) is 11.9 Å². The van der Waals surface area contributed by atoms with Crippen molar-refractivity contribution in [2.24, 2.45) is 0 Å². The Morgan fingerprint density at radius 3 is 2.67 bits per heavy atom. The zero-order chi connectivity index (χ0) is 21.1. The maximum atomic E-state index is 14.2. The van der Waals surface area contributed by atoms with E-state index in [4.69, 9.17) is 11.6 Å². The molecule has 3 aromatic rings. The van der Waals surface area contributed by atoms with Gasteiger partial charge in [0.25, 0.3) is 0 Å². The molecule has 0 spiro atoms. The normalized spacial score (nSPS) is 14.7. The largest absolute Gasteiger partial charge is 0.339 e. The van der Waals surface area contributed by atoms with Gasteiger partial charge in [0.15, 0.2) is 0 Å². The molecule has 1 aromatic heterocycles. The van der Waals surface area contributed by atoms with E-state index in [1.807, 2.05) is 19.1 Å². The minimum absolute atomic E-state index is 0.0729. The second-order valence-electron chi connectivity index (χ2n) is 7.32. The van der Waals surface area contributed by atoms with Crippen molar-refractivity contribution in [3.63, 3.8) is 0 Å². The number of hydrogen-bond donors (Lipinski definition) is 1. The van der Waals surface area contributed by atoms with Crippen LogP contribution in [-0.4, -0.2) is 53.1 Å². The Labute approximate surface area is 179 Å².